The minimum Gasteiger partial charge on any atom is -0.476 e. The maximum absolute atomic E-state index is 5.76. The average Bonchev–Trinajstić information content (AvgIpc) is 2.67. The van der Waals surface area contributed by atoms with E-state index in [2.05, 4.69) is 16.9 Å². The van der Waals surface area contributed by atoms with Crippen molar-refractivity contribution in [2.24, 2.45) is 5.92 Å². The molecule has 18 heavy (non-hydrogen) atoms. The minimum atomic E-state index is -0.504. The van der Waals surface area contributed by atoms with Gasteiger partial charge in [0.1, 0.15) is 5.82 Å². The van der Waals surface area contributed by atoms with Gasteiger partial charge in [-0.15, -0.1) is 0 Å². The molecule has 0 radical (unpaired) electrons. The van der Waals surface area contributed by atoms with Crippen LogP contribution < -0.4 is 10.5 Å². The van der Waals surface area contributed by atoms with Crippen LogP contribution in [0.1, 0.15) is 20.8 Å². The van der Waals surface area contributed by atoms with Gasteiger partial charge in [-0.05, 0) is 13.8 Å². The van der Waals surface area contributed by atoms with Crippen LogP contribution in [-0.4, -0.2) is 35.1 Å². The summed E-state index contributed by atoms with van der Waals surface area (Å²) in [5.74, 6) is 0.479. The molecule has 0 amide bonds. The van der Waals surface area contributed by atoms with Gasteiger partial charge in [-0.2, -0.15) is 4.98 Å². The molecule has 2 rings (SSSR count). The predicted octanol–water partition coefficient (Wildman–Crippen LogP) is 1.23. The maximum Gasteiger partial charge on any atom is 0.234 e. The first-order valence-electron chi connectivity index (χ1n) is 5.98. The first-order valence-corrected chi connectivity index (χ1v) is 5.98. The Morgan fingerprint density at radius 3 is 2.94 bits per heavy atom. The molecule has 1 saturated heterocycles. The lowest BCUT2D eigenvalue weighted by Crippen LogP contribution is -2.28. The zero-order valence-electron chi connectivity index (χ0n) is 10.9. The average molecular weight is 253 g/mol. The molecule has 0 bridgehead atoms. The fraction of sp³-hybridized carbons (Fsp3) is 0.667. The lowest BCUT2D eigenvalue weighted by Gasteiger charge is -2.21. The van der Waals surface area contributed by atoms with E-state index in [1.807, 2.05) is 13.8 Å². The fourth-order valence-electron chi connectivity index (χ4n) is 1.75. The highest BCUT2D eigenvalue weighted by Crippen LogP contribution is 2.26. The number of nitrogen functional groups attached to an aromatic ring is 1. The summed E-state index contributed by atoms with van der Waals surface area (Å²) in [5, 5.41) is 0. The van der Waals surface area contributed by atoms with Crippen LogP contribution in [-0.2, 0) is 9.47 Å². The number of hydrogen-bond acceptors (Lipinski definition) is 6. The number of anilines is 1. The zero-order chi connectivity index (χ0) is 13.2. The molecule has 2 heterocycles. The first kappa shape index (κ1) is 13.0. The van der Waals surface area contributed by atoms with Crippen LogP contribution in [0.15, 0.2) is 12.4 Å². The van der Waals surface area contributed by atoms with E-state index in [1.54, 1.807) is 6.20 Å². The van der Waals surface area contributed by atoms with Crippen molar-refractivity contribution in [3.8, 4) is 5.88 Å². The Bertz CT molecular complexity index is 411. The second-order valence-electron chi connectivity index (χ2n) is 4.94. The van der Waals surface area contributed by atoms with Crippen molar-refractivity contribution in [1.29, 1.82) is 0 Å². The molecule has 2 atom stereocenters. The topological polar surface area (TPSA) is 79.5 Å². The van der Waals surface area contributed by atoms with Gasteiger partial charge in [-0.25, -0.2) is 0 Å². The normalized spacial score (nSPS) is 23.8. The van der Waals surface area contributed by atoms with E-state index in [0.29, 0.717) is 24.9 Å². The third-order valence-corrected chi connectivity index (χ3v) is 2.79. The molecule has 1 fully saturated rings. The number of aromatic nitrogens is 2. The Balaban J connectivity index is 1.84. The number of nitrogens with two attached hydrogens (primary N) is 1. The lowest BCUT2D eigenvalue weighted by molar-refractivity contribution is -0.144. The van der Waals surface area contributed by atoms with E-state index in [0.717, 1.165) is 0 Å². The molecule has 6 nitrogen and oxygen atoms in total. The van der Waals surface area contributed by atoms with E-state index in [4.69, 9.17) is 19.9 Å². The quantitative estimate of drug-likeness (QED) is 0.869. The van der Waals surface area contributed by atoms with Crippen LogP contribution >= 0.6 is 0 Å². The molecule has 0 aromatic carbocycles. The smallest absolute Gasteiger partial charge is 0.234 e. The van der Waals surface area contributed by atoms with Crippen molar-refractivity contribution < 1.29 is 14.2 Å². The van der Waals surface area contributed by atoms with E-state index in [9.17, 15) is 0 Å². The standard InChI is InChI=1S/C12H19N3O3/c1-8(9-7-17-12(2,3)18-9)6-16-11-5-14-4-10(13)15-11/h4-5,8-9H,6-7H2,1-3H3,(H2,13,15)/t8?,9-/m1/s1. The number of nitrogens with zero attached hydrogens (tertiary/aromatic N) is 2. The van der Waals surface area contributed by atoms with Gasteiger partial charge in [0.05, 0.1) is 31.7 Å². The highest BCUT2D eigenvalue weighted by atomic mass is 16.7. The van der Waals surface area contributed by atoms with Crippen molar-refractivity contribution in [3.05, 3.63) is 12.4 Å². The van der Waals surface area contributed by atoms with Crippen molar-refractivity contribution in [2.45, 2.75) is 32.7 Å². The van der Waals surface area contributed by atoms with Crippen LogP contribution in [0.4, 0.5) is 5.82 Å². The highest BCUT2D eigenvalue weighted by Gasteiger charge is 2.35. The van der Waals surface area contributed by atoms with Gasteiger partial charge >= 0.3 is 0 Å². The largest absolute Gasteiger partial charge is 0.476 e. The maximum atomic E-state index is 5.76. The Morgan fingerprint density at radius 2 is 2.33 bits per heavy atom. The van der Waals surface area contributed by atoms with Gasteiger partial charge in [0, 0.05) is 5.92 Å². The molecule has 2 N–H and O–H groups in total. The summed E-state index contributed by atoms with van der Waals surface area (Å²) in [5.41, 5.74) is 5.52. The van der Waals surface area contributed by atoms with Crippen LogP contribution in [0.5, 0.6) is 5.88 Å². The third kappa shape index (κ3) is 3.30. The molecule has 0 spiro atoms. The number of ether oxygens (including phenoxy) is 3. The summed E-state index contributed by atoms with van der Waals surface area (Å²) in [6.45, 7) is 6.94. The van der Waals surface area contributed by atoms with Crippen molar-refractivity contribution >= 4 is 5.82 Å². The Kier molecular flexibility index (Phi) is 3.68. The van der Waals surface area contributed by atoms with E-state index >= 15 is 0 Å². The number of hydrogen-bond donors (Lipinski definition) is 1. The molecule has 1 aromatic heterocycles. The number of rotatable bonds is 4. The van der Waals surface area contributed by atoms with E-state index < -0.39 is 5.79 Å². The predicted molar refractivity (Wildman–Crippen MR) is 66.0 cm³/mol. The fourth-order valence-corrected chi connectivity index (χ4v) is 1.75. The molecule has 1 aliphatic heterocycles. The van der Waals surface area contributed by atoms with E-state index in [-0.39, 0.29) is 12.0 Å². The van der Waals surface area contributed by atoms with Gasteiger partial charge in [-0.3, -0.25) is 4.98 Å². The molecule has 0 saturated carbocycles. The van der Waals surface area contributed by atoms with Gasteiger partial charge in [0.15, 0.2) is 5.79 Å². The Morgan fingerprint density at radius 1 is 1.56 bits per heavy atom. The SMILES string of the molecule is CC(COc1cncc(N)n1)[C@H]1COC(C)(C)O1. The Labute approximate surface area is 106 Å². The zero-order valence-corrected chi connectivity index (χ0v) is 10.9. The highest BCUT2D eigenvalue weighted by molar-refractivity contribution is 5.25. The summed E-state index contributed by atoms with van der Waals surface area (Å²) in [6, 6.07) is 0. The van der Waals surface area contributed by atoms with Crippen LogP contribution in [0.25, 0.3) is 0 Å². The third-order valence-electron chi connectivity index (χ3n) is 2.79. The van der Waals surface area contributed by atoms with Gasteiger partial charge in [0.25, 0.3) is 0 Å². The summed E-state index contributed by atoms with van der Waals surface area (Å²) in [4.78, 5) is 7.94. The summed E-state index contributed by atoms with van der Waals surface area (Å²) >= 11 is 0. The van der Waals surface area contributed by atoms with Gasteiger partial charge < -0.3 is 19.9 Å². The lowest BCUT2D eigenvalue weighted by atomic mass is 10.1. The minimum absolute atomic E-state index is 0.0361. The molecule has 100 valence electrons. The molecule has 1 aliphatic rings. The van der Waals surface area contributed by atoms with Crippen LogP contribution in [0.2, 0.25) is 0 Å². The molecule has 6 heteroatoms. The summed E-state index contributed by atoms with van der Waals surface area (Å²) < 4.78 is 16.8. The molecular formula is C12H19N3O3. The van der Waals surface area contributed by atoms with Gasteiger partial charge in [-0.1, -0.05) is 6.92 Å². The molecule has 0 aliphatic carbocycles. The van der Waals surface area contributed by atoms with Gasteiger partial charge in [0.2, 0.25) is 5.88 Å². The summed E-state index contributed by atoms with van der Waals surface area (Å²) in [7, 11) is 0. The summed E-state index contributed by atoms with van der Waals surface area (Å²) in [6.07, 6.45) is 3.06. The van der Waals surface area contributed by atoms with Crippen LogP contribution in [0.3, 0.4) is 0 Å². The van der Waals surface area contributed by atoms with Crippen molar-refractivity contribution in [3.63, 3.8) is 0 Å². The van der Waals surface area contributed by atoms with Crippen molar-refractivity contribution in [1.82, 2.24) is 9.97 Å². The second kappa shape index (κ2) is 5.07. The van der Waals surface area contributed by atoms with Crippen LogP contribution in [0, 0.1) is 5.92 Å². The van der Waals surface area contributed by atoms with Crippen molar-refractivity contribution in [2.75, 3.05) is 18.9 Å². The molecule has 1 unspecified atom stereocenters. The second-order valence-corrected chi connectivity index (χ2v) is 4.94. The Hall–Kier alpha value is -1.40. The first-order chi connectivity index (χ1) is 8.46. The monoisotopic (exact) mass is 253 g/mol. The molecular weight excluding hydrogens is 234 g/mol. The molecule has 1 aromatic rings. The van der Waals surface area contributed by atoms with E-state index in [1.165, 1.54) is 6.20 Å².